The normalized spacial score (nSPS) is 20.4. The Morgan fingerprint density at radius 3 is 2.09 bits per heavy atom. The highest BCUT2D eigenvalue weighted by Crippen LogP contribution is 2.47. The minimum atomic E-state index is -1.17. The molecular weight excluding hydrogens is 436 g/mol. The molecule has 178 valence electrons. The molecule has 0 bridgehead atoms. The highest BCUT2D eigenvalue weighted by Gasteiger charge is 2.50. The van der Waals surface area contributed by atoms with Gasteiger partial charge in [-0.25, -0.2) is 4.99 Å². The molecule has 5 rings (SSSR count). The Morgan fingerprint density at radius 1 is 0.914 bits per heavy atom. The van der Waals surface area contributed by atoms with Gasteiger partial charge in [-0.2, -0.15) is 0 Å². The minimum Gasteiger partial charge on any atom is -0.369 e. The summed E-state index contributed by atoms with van der Waals surface area (Å²) in [6.45, 7) is 1.04. The van der Waals surface area contributed by atoms with Crippen molar-refractivity contribution in [3.8, 4) is 0 Å². The van der Waals surface area contributed by atoms with Crippen LogP contribution in [0.25, 0.3) is 0 Å². The first-order valence-electron chi connectivity index (χ1n) is 12.2. The quantitative estimate of drug-likeness (QED) is 0.471. The fraction of sp³-hybridized carbons (Fsp3) is 0.276. The molecule has 2 aliphatic rings. The van der Waals surface area contributed by atoms with E-state index >= 15 is 0 Å². The molecule has 1 aliphatic carbocycles. The van der Waals surface area contributed by atoms with Crippen molar-refractivity contribution in [3.05, 3.63) is 108 Å². The van der Waals surface area contributed by atoms with Gasteiger partial charge < -0.3 is 11.1 Å². The van der Waals surface area contributed by atoms with Crippen molar-refractivity contribution in [1.29, 1.82) is 0 Å². The van der Waals surface area contributed by atoms with Crippen LogP contribution in [0, 0.1) is 5.92 Å². The molecule has 0 spiro atoms. The largest absolute Gasteiger partial charge is 0.369 e. The summed E-state index contributed by atoms with van der Waals surface area (Å²) < 4.78 is 0. The first-order valence-corrected chi connectivity index (χ1v) is 12.2. The van der Waals surface area contributed by atoms with Crippen LogP contribution in [0.4, 0.5) is 0 Å². The maximum Gasteiger partial charge on any atom is 0.266 e. The van der Waals surface area contributed by atoms with Crippen LogP contribution in [0.5, 0.6) is 0 Å². The number of unbranched alkanes of at least 4 members (excludes halogenated alkanes) is 1. The Balaban J connectivity index is 1.17. The summed E-state index contributed by atoms with van der Waals surface area (Å²) in [5.41, 5.74) is 7.95. The van der Waals surface area contributed by atoms with E-state index in [2.05, 4.69) is 17.4 Å². The Kier molecular flexibility index (Phi) is 6.36. The number of nitrogens with one attached hydrogen (secondary N) is 1. The first kappa shape index (κ1) is 22.8. The lowest BCUT2D eigenvalue weighted by Gasteiger charge is -2.27. The third-order valence-corrected chi connectivity index (χ3v) is 6.96. The highest BCUT2D eigenvalue weighted by atomic mass is 16.2. The number of nitrogens with two attached hydrogens (primary N) is 1. The van der Waals surface area contributed by atoms with E-state index in [1.165, 1.54) is 5.56 Å². The van der Waals surface area contributed by atoms with E-state index in [0.29, 0.717) is 25.4 Å². The third kappa shape index (κ3) is 4.44. The number of amides is 2. The second-order valence-corrected chi connectivity index (χ2v) is 9.23. The summed E-state index contributed by atoms with van der Waals surface area (Å²) in [7, 11) is 0. The Bertz CT molecular complexity index is 1170. The number of carbonyl (C=O) groups excluding carboxylic acids is 2. The summed E-state index contributed by atoms with van der Waals surface area (Å²) in [4.78, 5) is 32.5. The predicted octanol–water partition coefficient (Wildman–Crippen LogP) is 3.79. The van der Waals surface area contributed by atoms with Crippen molar-refractivity contribution in [2.45, 2.75) is 30.7 Å². The van der Waals surface area contributed by atoms with Crippen molar-refractivity contribution in [2.24, 2.45) is 16.6 Å². The Hall–Kier alpha value is -3.93. The number of hydrogen-bond donors (Lipinski definition) is 2. The van der Waals surface area contributed by atoms with Gasteiger partial charge in [-0.3, -0.25) is 14.5 Å². The van der Waals surface area contributed by atoms with E-state index in [1.54, 1.807) is 4.90 Å². The number of nitrogens with zero attached hydrogens (tertiary/aromatic N) is 2. The van der Waals surface area contributed by atoms with Gasteiger partial charge in [0.15, 0.2) is 11.5 Å². The molecule has 1 aliphatic heterocycles. The van der Waals surface area contributed by atoms with Crippen LogP contribution in [0.3, 0.4) is 0 Å². The summed E-state index contributed by atoms with van der Waals surface area (Å²) in [5, 5.41) is 3.06. The zero-order chi connectivity index (χ0) is 24.3. The number of carbonyl (C=O) groups is 2. The van der Waals surface area contributed by atoms with Gasteiger partial charge >= 0.3 is 0 Å². The van der Waals surface area contributed by atoms with Crippen molar-refractivity contribution in [3.63, 3.8) is 0 Å². The predicted molar refractivity (Wildman–Crippen MR) is 137 cm³/mol. The van der Waals surface area contributed by atoms with E-state index in [1.807, 2.05) is 78.9 Å². The van der Waals surface area contributed by atoms with Crippen molar-refractivity contribution in [2.75, 3.05) is 13.1 Å². The SMILES string of the molecule is NC1=NC(c2ccccc2)(c2ccccc2)C(=O)N1CCCCNC(=O)C1C[C@H]1c1ccccc1. The summed E-state index contributed by atoms with van der Waals surface area (Å²) in [6, 6.07) is 29.3. The molecule has 0 saturated heterocycles. The summed E-state index contributed by atoms with van der Waals surface area (Å²) in [6.07, 6.45) is 2.38. The maximum absolute atomic E-state index is 13.7. The number of rotatable bonds is 9. The molecule has 3 N–H and O–H groups in total. The van der Waals surface area contributed by atoms with Crippen molar-refractivity contribution >= 4 is 17.8 Å². The fourth-order valence-electron chi connectivity index (χ4n) is 4.99. The summed E-state index contributed by atoms with van der Waals surface area (Å²) in [5.74, 6) is 0.608. The lowest BCUT2D eigenvalue weighted by Crippen LogP contribution is -2.44. The molecular formula is C29H30N4O2. The number of guanidine groups is 1. The molecule has 3 aromatic rings. The van der Waals surface area contributed by atoms with Crippen LogP contribution in [0.15, 0.2) is 96.0 Å². The molecule has 1 unspecified atom stereocenters. The monoisotopic (exact) mass is 466 g/mol. The van der Waals surface area contributed by atoms with E-state index in [0.717, 1.165) is 24.0 Å². The highest BCUT2D eigenvalue weighted by molar-refractivity contribution is 6.09. The number of aliphatic imine (C=N–C) groups is 1. The Morgan fingerprint density at radius 2 is 1.49 bits per heavy atom. The molecule has 0 radical (unpaired) electrons. The lowest BCUT2D eigenvalue weighted by molar-refractivity contribution is -0.130. The lowest BCUT2D eigenvalue weighted by atomic mass is 9.83. The fourth-order valence-corrected chi connectivity index (χ4v) is 4.99. The van der Waals surface area contributed by atoms with Gasteiger partial charge in [0, 0.05) is 19.0 Å². The maximum atomic E-state index is 13.7. The van der Waals surface area contributed by atoms with Crippen LogP contribution in [0.1, 0.15) is 41.9 Å². The molecule has 1 saturated carbocycles. The second-order valence-electron chi connectivity index (χ2n) is 9.23. The van der Waals surface area contributed by atoms with Gasteiger partial charge in [0.2, 0.25) is 5.91 Å². The van der Waals surface area contributed by atoms with Crippen molar-refractivity contribution in [1.82, 2.24) is 10.2 Å². The zero-order valence-corrected chi connectivity index (χ0v) is 19.6. The zero-order valence-electron chi connectivity index (χ0n) is 19.6. The van der Waals surface area contributed by atoms with Gasteiger partial charge in [-0.1, -0.05) is 91.0 Å². The molecule has 0 aromatic heterocycles. The van der Waals surface area contributed by atoms with Gasteiger partial charge in [-0.15, -0.1) is 0 Å². The van der Waals surface area contributed by atoms with E-state index in [9.17, 15) is 9.59 Å². The molecule has 3 aromatic carbocycles. The average Bonchev–Trinajstić information content (AvgIpc) is 3.67. The van der Waals surface area contributed by atoms with Crippen LogP contribution in [-0.4, -0.2) is 35.8 Å². The molecule has 1 heterocycles. The van der Waals surface area contributed by atoms with Crippen LogP contribution < -0.4 is 11.1 Å². The van der Waals surface area contributed by atoms with E-state index < -0.39 is 5.54 Å². The number of hydrogen-bond acceptors (Lipinski definition) is 4. The summed E-state index contributed by atoms with van der Waals surface area (Å²) >= 11 is 0. The Labute approximate surface area is 205 Å². The average molecular weight is 467 g/mol. The van der Waals surface area contributed by atoms with E-state index in [4.69, 9.17) is 10.7 Å². The standard InChI is InChI=1S/C29H30N4O2/c30-28-32-29(22-14-6-2-7-15-22,23-16-8-3-9-17-23)27(35)33(28)19-11-10-18-31-26(34)25-20-24(25)21-12-4-1-5-13-21/h1-9,12-17,24-25H,10-11,18-20H2,(H2,30,32)(H,31,34)/t24-,25?/m0/s1. The van der Waals surface area contributed by atoms with Gasteiger partial charge in [0.25, 0.3) is 5.91 Å². The molecule has 1 fully saturated rings. The number of benzene rings is 3. The van der Waals surface area contributed by atoms with Gasteiger partial charge in [0.05, 0.1) is 0 Å². The second kappa shape index (κ2) is 9.74. The first-order chi connectivity index (χ1) is 17.1. The van der Waals surface area contributed by atoms with Crippen LogP contribution >= 0.6 is 0 Å². The van der Waals surface area contributed by atoms with Crippen molar-refractivity contribution < 1.29 is 9.59 Å². The minimum absolute atomic E-state index is 0.0673. The molecule has 6 heteroatoms. The van der Waals surface area contributed by atoms with E-state index in [-0.39, 0.29) is 23.7 Å². The molecule has 35 heavy (non-hydrogen) atoms. The molecule has 6 nitrogen and oxygen atoms in total. The van der Waals surface area contributed by atoms with Gasteiger partial charge in [-0.05, 0) is 41.9 Å². The third-order valence-electron chi connectivity index (χ3n) is 6.96. The van der Waals surface area contributed by atoms with Gasteiger partial charge in [0.1, 0.15) is 0 Å². The smallest absolute Gasteiger partial charge is 0.266 e. The van der Waals surface area contributed by atoms with Crippen LogP contribution in [0.2, 0.25) is 0 Å². The molecule has 2 atom stereocenters. The molecule has 2 amide bonds. The van der Waals surface area contributed by atoms with Crippen LogP contribution in [-0.2, 0) is 15.1 Å². The topological polar surface area (TPSA) is 87.8 Å².